The van der Waals surface area contributed by atoms with Gasteiger partial charge in [0.2, 0.25) is 0 Å². The number of amides is 2. The molecule has 0 N–H and O–H groups in total. The molecule has 0 aliphatic carbocycles. The molecule has 1 saturated heterocycles. The zero-order valence-corrected chi connectivity index (χ0v) is 17.1. The van der Waals surface area contributed by atoms with Gasteiger partial charge in [0.15, 0.2) is 11.5 Å². The molecular formula is C23H21NO4S. The van der Waals surface area contributed by atoms with E-state index in [-0.39, 0.29) is 17.7 Å². The van der Waals surface area contributed by atoms with Crippen LogP contribution >= 0.6 is 11.8 Å². The lowest BCUT2D eigenvalue weighted by Gasteiger charge is -2.13. The number of carbonyl (C=O) groups excluding carboxylic acids is 2. The van der Waals surface area contributed by atoms with Crippen LogP contribution in [0, 0.1) is 19.3 Å². The van der Waals surface area contributed by atoms with Crippen molar-refractivity contribution in [1.29, 1.82) is 0 Å². The molecule has 0 atom stereocenters. The highest BCUT2D eigenvalue weighted by molar-refractivity contribution is 8.18. The molecule has 0 bridgehead atoms. The number of ether oxygens (including phenoxy) is 2. The second-order valence-corrected chi connectivity index (χ2v) is 7.38. The standard InChI is InChI=1S/C23H21NO4S/c1-4-11-24-22(25)21(29-23(24)26)14-17-9-10-19(20(13-17)27-5-2)28-15-18-8-6-7-16(3)12-18/h1,6-10,12-14H,5,11,15H2,2-3H3/b21-14+. The van der Waals surface area contributed by atoms with E-state index in [1.807, 2.05) is 38.1 Å². The van der Waals surface area contributed by atoms with Gasteiger partial charge in [0.1, 0.15) is 6.61 Å². The monoisotopic (exact) mass is 407 g/mol. The number of aryl methyl sites for hydroxylation is 1. The Labute approximate surface area is 174 Å². The number of imide groups is 1. The Hall–Kier alpha value is -3.17. The third kappa shape index (κ3) is 5.01. The van der Waals surface area contributed by atoms with Gasteiger partial charge in [-0.25, -0.2) is 0 Å². The molecule has 0 saturated carbocycles. The fourth-order valence-electron chi connectivity index (χ4n) is 2.84. The zero-order chi connectivity index (χ0) is 20.8. The van der Waals surface area contributed by atoms with E-state index in [4.69, 9.17) is 15.9 Å². The van der Waals surface area contributed by atoms with Crippen molar-refractivity contribution in [1.82, 2.24) is 4.90 Å². The predicted octanol–water partition coefficient (Wildman–Crippen LogP) is 4.64. The van der Waals surface area contributed by atoms with E-state index >= 15 is 0 Å². The number of carbonyl (C=O) groups is 2. The van der Waals surface area contributed by atoms with Crippen LogP contribution in [0.5, 0.6) is 11.5 Å². The summed E-state index contributed by atoms with van der Waals surface area (Å²) < 4.78 is 11.7. The molecular weight excluding hydrogens is 386 g/mol. The molecule has 2 aromatic rings. The van der Waals surface area contributed by atoms with Crippen molar-refractivity contribution in [2.45, 2.75) is 20.5 Å². The average Bonchev–Trinajstić information content (AvgIpc) is 2.95. The highest BCUT2D eigenvalue weighted by atomic mass is 32.2. The molecule has 1 fully saturated rings. The van der Waals surface area contributed by atoms with Crippen LogP contribution in [0.4, 0.5) is 4.79 Å². The second kappa shape index (κ2) is 9.35. The van der Waals surface area contributed by atoms with E-state index in [0.29, 0.717) is 29.6 Å². The third-order valence-corrected chi connectivity index (χ3v) is 5.07. The van der Waals surface area contributed by atoms with Gasteiger partial charge < -0.3 is 9.47 Å². The molecule has 1 aliphatic heterocycles. The summed E-state index contributed by atoms with van der Waals surface area (Å²) in [5, 5.41) is -0.359. The van der Waals surface area contributed by atoms with Crippen molar-refractivity contribution in [2.75, 3.05) is 13.2 Å². The fraction of sp³-hybridized carbons (Fsp3) is 0.217. The topological polar surface area (TPSA) is 55.8 Å². The normalized spacial score (nSPS) is 14.9. The molecule has 29 heavy (non-hydrogen) atoms. The summed E-state index contributed by atoms with van der Waals surface area (Å²) in [5.74, 6) is 3.14. The maximum atomic E-state index is 12.3. The van der Waals surface area contributed by atoms with Crippen molar-refractivity contribution in [3.63, 3.8) is 0 Å². The highest BCUT2D eigenvalue weighted by Gasteiger charge is 2.34. The summed E-state index contributed by atoms with van der Waals surface area (Å²) in [5.41, 5.74) is 2.98. The van der Waals surface area contributed by atoms with E-state index in [0.717, 1.165) is 27.8 Å². The van der Waals surface area contributed by atoms with Gasteiger partial charge in [0.05, 0.1) is 18.1 Å². The summed E-state index contributed by atoms with van der Waals surface area (Å²) in [6.45, 7) is 4.80. The summed E-state index contributed by atoms with van der Waals surface area (Å²) in [4.78, 5) is 25.7. The van der Waals surface area contributed by atoms with Crippen molar-refractivity contribution >= 4 is 29.0 Å². The molecule has 3 rings (SSSR count). The lowest BCUT2D eigenvalue weighted by Crippen LogP contribution is -2.28. The molecule has 1 heterocycles. The van der Waals surface area contributed by atoms with Crippen LogP contribution in [-0.4, -0.2) is 29.2 Å². The first-order valence-corrected chi connectivity index (χ1v) is 9.97. The molecule has 6 heteroatoms. The van der Waals surface area contributed by atoms with Crippen molar-refractivity contribution in [3.8, 4) is 23.8 Å². The molecule has 148 valence electrons. The Morgan fingerprint density at radius 3 is 2.69 bits per heavy atom. The van der Waals surface area contributed by atoms with Crippen LogP contribution in [0.15, 0.2) is 47.4 Å². The smallest absolute Gasteiger partial charge is 0.294 e. The molecule has 1 aliphatic rings. The largest absolute Gasteiger partial charge is 0.490 e. The van der Waals surface area contributed by atoms with E-state index in [1.54, 1.807) is 18.2 Å². The summed E-state index contributed by atoms with van der Waals surface area (Å²) >= 11 is 0.880. The first kappa shape index (κ1) is 20.6. The molecule has 2 amide bonds. The Morgan fingerprint density at radius 2 is 1.97 bits per heavy atom. The minimum absolute atomic E-state index is 0.0298. The van der Waals surface area contributed by atoms with Gasteiger partial charge in [-0.1, -0.05) is 41.8 Å². The number of rotatable bonds is 7. The summed E-state index contributed by atoms with van der Waals surface area (Å²) in [6, 6.07) is 13.5. The maximum absolute atomic E-state index is 12.3. The predicted molar refractivity (Wildman–Crippen MR) is 115 cm³/mol. The zero-order valence-electron chi connectivity index (χ0n) is 16.3. The molecule has 0 radical (unpaired) electrons. The third-order valence-electron chi connectivity index (χ3n) is 4.17. The number of hydrogen-bond acceptors (Lipinski definition) is 5. The van der Waals surface area contributed by atoms with Gasteiger partial charge in [-0.3, -0.25) is 14.5 Å². The number of benzene rings is 2. The van der Waals surface area contributed by atoms with E-state index in [1.165, 1.54) is 5.56 Å². The number of terminal acetylenes is 1. The SMILES string of the molecule is C#CCN1C(=O)S/C(=C/c2ccc(OCc3cccc(C)c3)c(OCC)c2)C1=O. The Morgan fingerprint density at radius 1 is 1.14 bits per heavy atom. The molecule has 0 unspecified atom stereocenters. The average molecular weight is 407 g/mol. The van der Waals surface area contributed by atoms with Gasteiger partial charge in [-0.05, 0) is 54.9 Å². The van der Waals surface area contributed by atoms with Crippen LogP contribution in [0.25, 0.3) is 6.08 Å². The molecule has 2 aromatic carbocycles. The number of thioether (sulfide) groups is 1. The molecule has 0 aromatic heterocycles. The minimum atomic E-state index is -0.379. The number of nitrogens with zero attached hydrogens (tertiary/aromatic N) is 1. The van der Waals surface area contributed by atoms with Crippen LogP contribution in [0.2, 0.25) is 0 Å². The van der Waals surface area contributed by atoms with Crippen LogP contribution in [0.3, 0.4) is 0 Å². The lowest BCUT2D eigenvalue weighted by atomic mass is 10.1. The van der Waals surface area contributed by atoms with E-state index in [9.17, 15) is 9.59 Å². The van der Waals surface area contributed by atoms with Crippen LogP contribution < -0.4 is 9.47 Å². The Balaban J connectivity index is 1.80. The van der Waals surface area contributed by atoms with E-state index < -0.39 is 0 Å². The van der Waals surface area contributed by atoms with Gasteiger partial charge in [0, 0.05) is 0 Å². The maximum Gasteiger partial charge on any atom is 0.294 e. The van der Waals surface area contributed by atoms with Gasteiger partial charge in [0.25, 0.3) is 11.1 Å². The van der Waals surface area contributed by atoms with Gasteiger partial charge >= 0.3 is 0 Å². The first-order valence-electron chi connectivity index (χ1n) is 9.16. The van der Waals surface area contributed by atoms with Gasteiger partial charge in [-0.15, -0.1) is 6.42 Å². The first-order chi connectivity index (χ1) is 14.0. The quantitative estimate of drug-likeness (QED) is 0.494. The summed E-state index contributed by atoms with van der Waals surface area (Å²) in [6.07, 6.45) is 6.89. The Kier molecular flexibility index (Phi) is 6.63. The second-order valence-electron chi connectivity index (χ2n) is 6.39. The Bertz CT molecular complexity index is 1010. The fourth-order valence-corrected chi connectivity index (χ4v) is 3.68. The van der Waals surface area contributed by atoms with Crippen LogP contribution in [0.1, 0.15) is 23.6 Å². The molecule has 5 nitrogen and oxygen atoms in total. The van der Waals surface area contributed by atoms with Crippen molar-refractivity contribution < 1.29 is 19.1 Å². The van der Waals surface area contributed by atoms with Crippen molar-refractivity contribution in [3.05, 3.63) is 64.1 Å². The van der Waals surface area contributed by atoms with Crippen LogP contribution in [-0.2, 0) is 11.4 Å². The highest BCUT2D eigenvalue weighted by Crippen LogP contribution is 2.34. The minimum Gasteiger partial charge on any atom is -0.490 e. The lowest BCUT2D eigenvalue weighted by molar-refractivity contribution is -0.122. The van der Waals surface area contributed by atoms with Gasteiger partial charge in [-0.2, -0.15) is 0 Å². The summed E-state index contributed by atoms with van der Waals surface area (Å²) in [7, 11) is 0. The van der Waals surface area contributed by atoms with E-state index in [2.05, 4.69) is 12.0 Å². The number of hydrogen-bond donors (Lipinski definition) is 0. The molecule has 0 spiro atoms. The van der Waals surface area contributed by atoms with Crippen molar-refractivity contribution in [2.24, 2.45) is 0 Å².